The molecule has 2 amide bonds. The Kier molecular flexibility index (Phi) is 7.12. The number of carbonyl (C=O) groups excluding carboxylic acids is 3. The van der Waals surface area contributed by atoms with Crippen LogP contribution < -0.4 is 5.32 Å². The maximum absolute atomic E-state index is 12.8. The number of anilines is 1. The number of amides is 2. The van der Waals surface area contributed by atoms with E-state index in [4.69, 9.17) is 4.74 Å². The summed E-state index contributed by atoms with van der Waals surface area (Å²) in [7, 11) is 1.60. The van der Waals surface area contributed by atoms with Crippen molar-refractivity contribution in [1.82, 2.24) is 4.90 Å². The van der Waals surface area contributed by atoms with Crippen LogP contribution in [0, 0.1) is 0 Å². The van der Waals surface area contributed by atoms with Crippen LogP contribution in [0.15, 0.2) is 53.4 Å². The lowest BCUT2D eigenvalue weighted by molar-refractivity contribution is -0.152. The summed E-state index contributed by atoms with van der Waals surface area (Å²) in [5, 5.41) is 1.53. The number of fused-ring (bicyclic) bond motifs is 1. The van der Waals surface area contributed by atoms with Crippen molar-refractivity contribution < 1.29 is 32.3 Å². The van der Waals surface area contributed by atoms with Crippen molar-refractivity contribution in [3.05, 3.63) is 59.7 Å². The Morgan fingerprint density at radius 3 is 2.53 bits per heavy atom. The quantitative estimate of drug-likeness (QED) is 0.644. The molecule has 0 spiro atoms. The lowest BCUT2D eigenvalue weighted by Crippen LogP contribution is -2.35. The van der Waals surface area contributed by atoms with Crippen molar-refractivity contribution in [2.24, 2.45) is 0 Å². The first kappa shape index (κ1) is 23.6. The van der Waals surface area contributed by atoms with Gasteiger partial charge < -0.3 is 15.0 Å². The molecular weight excluding hydrogens is 445 g/mol. The highest BCUT2D eigenvalue weighted by Crippen LogP contribution is 2.40. The summed E-state index contributed by atoms with van der Waals surface area (Å²) in [5.74, 6) is -1.75. The molecule has 170 valence electrons. The topological polar surface area (TPSA) is 75.7 Å². The number of carbonyl (C=O) groups is 3. The first-order valence-corrected chi connectivity index (χ1v) is 10.6. The highest BCUT2D eigenvalue weighted by molar-refractivity contribution is 8.01. The number of hydrogen-bond acceptors (Lipinski definition) is 5. The Morgan fingerprint density at radius 2 is 1.88 bits per heavy atom. The molecule has 0 radical (unpaired) electrons. The molecule has 1 aliphatic heterocycles. The first-order valence-electron chi connectivity index (χ1n) is 9.71. The summed E-state index contributed by atoms with van der Waals surface area (Å²) < 4.78 is 43.6. The maximum Gasteiger partial charge on any atom is 0.416 e. The van der Waals surface area contributed by atoms with E-state index in [9.17, 15) is 27.6 Å². The van der Waals surface area contributed by atoms with Crippen LogP contribution in [0.2, 0.25) is 0 Å². The van der Waals surface area contributed by atoms with E-state index in [-0.39, 0.29) is 18.2 Å². The molecule has 2 aromatic rings. The zero-order valence-corrected chi connectivity index (χ0v) is 18.1. The van der Waals surface area contributed by atoms with Crippen LogP contribution in [-0.2, 0) is 25.3 Å². The lowest BCUT2D eigenvalue weighted by atomic mass is 10.1. The molecule has 0 aromatic heterocycles. The average Bonchev–Trinajstić information content (AvgIpc) is 2.76. The summed E-state index contributed by atoms with van der Waals surface area (Å²) in [6.45, 7) is 1.37. The molecule has 10 heteroatoms. The van der Waals surface area contributed by atoms with Crippen molar-refractivity contribution in [2.45, 2.75) is 35.7 Å². The second-order valence-corrected chi connectivity index (χ2v) is 8.51. The van der Waals surface area contributed by atoms with Crippen LogP contribution >= 0.6 is 11.8 Å². The number of benzene rings is 2. The van der Waals surface area contributed by atoms with E-state index in [0.29, 0.717) is 4.90 Å². The molecular formula is C22H21F3N2O4S. The number of halogens is 3. The van der Waals surface area contributed by atoms with Crippen LogP contribution in [0.4, 0.5) is 18.9 Å². The second kappa shape index (κ2) is 9.64. The van der Waals surface area contributed by atoms with Gasteiger partial charge in [-0.15, -0.1) is 11.8 Å². The van der Waals surface area contributed by atoms with E-state index in [1.807, 2.05) is 37.3 Å². The van der Waals surface area contributed by atoms with Crippen molar-refractivity contribution in [3.8, 4) is 0 Å². The number of likely N-dealkylation sites (N-methyl/N-ethyl adjacent to an activating group) is 1. The van der Waals surface area contributed by atoms with Crippen LogP contribution in [-0.4, -0.2) is 41.6 Å². The molecule has 32 heavy (non-hydrogen) atoms. The van der Waals surface area contributed by atoms with E-state index < -0.39 is 41.4 Å². The van der Waals surface area contributed by atoms with Gasteiger partial charge in [0.25, 0.3) is 5.91 Å². The predicted octanol–water partition coefficient (Wildman–Crippen LogP) is 4.27. The summed E-state index contributed by atoms with van der Waals surface area (Å²) in [5.41, 5.74) is 0.103. The van der Waals surface area contributed by atoms with Gasteiger partial charge in [0.15, 0.2) is 6.61 Å². The summed E-state index contributed by atoms with van der Waals surface area (Å²) >= 11 is 0.980. The Labute approximate surface area is 187 Å². The molecule has 1 aliphatic rings. The van der Waals surface area contributed by atoms with Crippen LogP contribution in [0.1, 0.15) is 30.5 Å². The molecule has 0 aliphatic carbocycles. The fourth-order valence-corrected chi connectivity index (χ4v) is 4.16. The van der Waals surface area contributed by atoms with Crippen molar-refractivity contribution >= 4 is 35.2 Å². The SMILES string of the molecule is CC(c1ccccc1)N(C)C(=O)COC(=O)CC1Sc2ccc(C(F)(F)F)cc2NC1=O. The number of nitrogens with zero attached hydrogens (tertiary/aromatic N) is 1. The standard InChI is InChI=1S/C22H21F3N2O4S/c1-13(14-6-4-3-5-7-14)27(2)19(28)12-31-20(29)11-18-21(30)26-16-10-15(22(23,24)25)8-9-17(16)32-18/h3-10,13,18H,11-12H2,1-2H3,(H,26,30). The maximum atomic E-state index is 12.8. The molecule has 0 saturated carbocycles. The van der Waals surface area contributed by atoms with Crippen molar-refractivity contribution in [3.63, 3.8) is 0 Å². The number of nitrogens with one attached hydrogen (secondary N) is 1. The van der Waals surface area contributed by atoms with E-state index in [1.165, 1.54) is 11.0 Å². The van der Waals surface area contributed by atoms with Gasteiger partial charge in [-0.1, -0.05) is 30.3 Å². The molecule has 2 aromatic carbocycles. The van der Waals surface area contributed by atoms with E-state index in [2.05, 4.69) is 5.32 Å². The van der Waals surface area contributed by atoms with Crippen molar-refractivity contribution in [1.29, 1.82) is 0 Å². The number of ether oxygens (including phenoxy) is 1. The Balaban J connectivity index is 1.54. The van der Waals surface area contributed by atoms with Gasteiger partial charge in [0.1, 0.15) is 0 Å². The van der Waals surface area contributed by atoms with Crippen LogP contribution in [0.5, 0.6) is 0 Å². The zero-order valence-electron chi connectivity index (χ0n) is 17.3. The van der Waals surface area contributed by atoms with Crippen LogP contribution in [0.25, 0.3) is 0 Å². The monoisotopic (exact) mass is 466 g/mol. The number of hydrogen-bond donors (Lipinski definition) is 1. The van der Waals surface area contributed by atoms with Gasteiger partial charge in [0.05, 0.1) is 29.0 Å². The minimum atomic E-state index is -4.53. The molecule has 3 rings (SSSR count). The minimum absolute atomic E-state index is 0.0474. The normalized spacial score (nSPS) is 16.5. The number of esters is 1. The third-order valence-corrected chi connectivity index (χ3v) is 6.37. The number of alkyl halides is 3. The van der Waals surface area contributed by atoms with Gasteiger partial charge >= 0.3 is 12.1 Å². The molecule has 1 heterocycles. The lowest BCUT2D eigenvalue weighted by Gasteiger charge is -2.26. The molecule has 0 fully saturated rings. The van der Waals surface area contributed by atoms with Crippen molar-refractivity contribution in [2.75, 3.05) is 19.0 Å². The highest BCUT2D eigenvalue weighted by Gasteiger charge is 2.34. The molecule has 6 nitrogen and oxygen atoms in total. The Morgan fingerprint density at radius 1 is 1.19 bits per heavy atom. The molecule has 2 atom stereocenters. The van der Waals surface area contributed by atoms with Gasteiger partial charge in [0, 0.05) is 11.9 Å². The summed E-state index contributed by atoms with van der Waals surface area (Å²) in [6, 6.07) is 12.2. The minimum Gasteiger partial charge on any atom is -0.456 e. The molecule has 0 bridgehead atoms. The summed E-state index contributed by atoms with van der Waals surface area (Å²) in [6.07, 6.45) is -4.84. The fraction of sp³-hybridized carbons (Fsp3) is 0.318. The predicted molar refractivity (Wildman–Crippen MR) is 113 cm³/mol. The zero-order chi connectivity index (χ0) is 23.5. The Bertz CT molecular complexity index is 1010. The van der Waals surface area contributed by atoms with Gasteiger partial charge in [-0.05, 0) is 30.7 Å². The third kappa shape index (κ3) is 5.61. The highest BCUT2D eigenvalue weighted by atomic mass is 32.2. The molecule has 0 saturated heterocycles. The molecule has 1 N–H and O–H groups in total. The average molecular weight is 466 g/mol. The number of rotatable bonds is 6. The van der Waals surface area contributed by atoms with Crippen LogP contribution in [0.3, 0.4) is 0 Å². The van der Waals surface area contributed by atoms with E-state index >= 15 is 0 Å². The van der Waals surface area contributed by atoms with Gasteiger partial charge in [-0.25, -0.2) is 0 Å². The molecule has 2 unspecified atom stereocenters. The van der Waals surface area contributed by atoms with Gasteiger partial charge in [-0.3, -0.25) is 14.4 Å². The fourth-order valence-electron chi connectivity index (χ4n) is 3.09. The largest absolute Gasteiger partial charge is 0.456 e. The third-order valence-electron chi connectivity index (χ3n) is 5.09. The Hall–Kier alpha value is -3.01. The van der Waals surface area contributed by atoms with E-state index in [1.54, 1.807) is 7.05 Å². The first-order chi connectivity index (χ1) is 15.1. The van der Waals surface area contributed by atoms with E-state index in [0.717, 1.165) is 29.5 Å². The van der Waals surface area contributed by atoms with Gasteiger partial charge in [0.2, 0.25) is 5.91 Å². The van der Waals surface area contributed by atoms with Gasteiger partial charge in [-0.2, -0.15) is 13.2 Å². The number of thioether (sulfide) groups is 1. The summed E-state index contributed by atoms with van der Waals surface area (Å²) in [4.78, 5) is 38.7. The smallest absolute Gasteiger partial charge is 0.416 e. The second-order valence-electron chi connectivity index (χ2n) is 7.26.